The third-order valence-electron chi connectivity index (χ3n) is 3.00. The maximum absolute atomic E-state index is 11.7. The van der Waals surface area contributed by atoms with Crippen LogP contribution in [0.4, 0.5) is 0 Å². The zero-order valence-corrected chi connectivity index (χ0v) is 11.8. The summed E-state index contributed by atoms with van der Waals surface area (Å²) in [6.45, 7) is 3.59. The van der Waals surface area contributed by atoms with Crippen molar-refractivity contribution >= 4 is 11.9 Å². The molecule has 1 unspecified atom stereocenters. The Morgan fingerprint density at radius 3 is 2.30 bits per heavy atom. The molecule has 1 atom stereocenters. The fraction of sp³-hybridized carbons (Fsp3) is 0.467. The molecule has 1 rings (SSSR count). The van der Waals surface area contributed by atoms with Gasteiger partial charge in [-0.05, 0) is 30.5 Å². The number of phenolic OH excluding ortho intramolecular Hbond substituents is 1. The van der Waals surface area contributed by atoms with Gasteiger partial charge in [0, 0.05) is 18.4 Å². The lowest BCUT2D eigenvalue weighted by Crippen LogP contribution is -2.39. The zero-order chi connectivity index (χ0) is 15.1. The normalized spacial score (nSPS) is 12.2. The molecule has 0 radical (unpaired) electrons. The van der Waals surface area contributed by atoms with Crippen molar-refractivity contribution in [3.63, 3.8) is 0 Å². The molecular formula is C15H21NO4. The minimum absolute atomic E-state index is 0.0150. The monoisotopic (exact) mass is 279 g/mol. The van der Waals surface area contributed by atoms with Crippen molar-refractivity contribution in [2.24, 2.45) is 5.92 Å². The second-order valence-corrected chi connectivity index (χ2v) is 5.16. The Hall–Kier alpha value is -2.04. The number of carbonyl (C=O) groups is 2. The molecule has 0 aliphatic rings. The number of carboxylic acids is 1. The summed E-state index contributed by atoms with van der Waals surface area (Å²) < 4.78 is 0. The van der Waals surface area contributed by atoms with Crippen molar-refractivity contribution in [3.05, 3.63) is 29.8 Å². The van der Waals surface area contributed by atoms with Crippen molar-refractivity contribution in [2.75, 3.05) is 0 Å². The lowest BCUT2D eigenvalue weighted by Gasteiger charge is -2.19. The van der Waals surface area contributed by atoms with Gasteiger partial charge in [-0.2, -0.15) is 0 Å². The Morgan fingerprint density at radius 2 is 1.80 bits per heavy atom. The van der Waals surface area contributed by atoms with Crippen LogP contribution < -0.4 is 5.32 Å². The van der Waals surface area contributed by atoms with E-state index in [0.29, 0.717) is 12.8 Å². The van der Waals surface area contributed by atoms with Gasteiger partial charge in [0.25, 0.3) is 0 Å². The maximum atomic E-state index is 11.7. The molecule has 5 nitrogen and oxygen atoms in total. The van der Waals surface area contributed by atoms with Crippen LogP contribution in [0.5, 0.6) is 5.75 Å². The SMILES string of the molecule is CC(C)C(=O)NC(CCC(=O)O)Cc1ccc(O)cc1. The molecule has 5 heteroatoms. The van der Waals surface area contributed by atoms with E-state index in [1.54, 1.807) is 38.1 Å². The third-order valence-corrected chi connectivity index (χ3v) is 3.00. The number of hydrogen-bond acceptors (Lipinski definition) is 3. The lowest BCUT2D eigenvalue weighted by molar-refractivity contribution is -0.137. The van der Waals surface area contributed by atoms with Crippen molar-refractivity contribution in [1.29, 1.82) is 0 Å². The van der Waals surface area contributed by atoms with Crippen molar-refractivity contribution in [3.8, 4) is 5.75 Å². The maximum Gasteiger partial charge on any atom is 0.303 e. The first-order valence-corrected chi connectivity index (χ1v) is 6.68. The van der Waals surface area contributed by atoms with Gasteiger partial charge in [0.1, 0.15) is 5.75 Å². The second kappa shape index (κ2) is 7.53. The van der Waals surface area contributed by atoms with Crippen molar-refractivity contribution < 1.29 is 19.8 Å². The van der Waals surface area contributed by atoms with E-state index >= 15 is 0 Å². The number of phenols is 1. The molecule has 0 heterocycles. The number of carboxylic acid groups (broad SMARTS) is 1. The summed E-state index contributed by atoms with van der Waals surface area (Å²) >= 11 is 0. The predicted octanol–water partition coefficient (Wildman–Crippen LogP) is 1.94. The van der Waals surface area contributed by atoms with E-state index < -0.39 is 5.97 Å². The molecule has 1 aromatic carbocycles. The number of hydrogen-bond donors (Lipinski definition) is 3. The van der Waals surface area contributed by atoms with E-state index in [1.807, 2.05) is 0 Å². The van der Waals surface area contributed by atoms with E-state index in [9.17, 15) is 14.7 Å². The van der Waals surface area contributed by atoms with Gasteiger partial charge in [-0.25, -0.2) is 0 Å². The van der Waals surface area contributed by atoms with Gasteiger partial charge in [-0.3, -0.25) is 9.59 Å². The van der Waals surface area contributed by atoms with Crippen LogP contribution in [-0.2, 0) is 16.0 Å². The van der Waals surface area contributed by atoms with E-state index in [4.69, 9.17) is 5.11 Å². The molecule has 1 amide bonds. The molecule has 1 aromatic rings. The summed E-state index contributed by atoms with van der Waals surface area (Å²) in [7, 11) is 0. The Kier molecular flexibility index (Phi) is 6.03. The highest BCUT2D eigenvalue weighted by molar-refractivity contribution is 5.78. The van der Waals surface area contributed by atoms with Crippen LogP contribution >= 0.6 is 0 Å². The summed E-state index contributed by atoms with van der Waals surface area (Å²) in [6.07, 6.45) is 0.946. The van der Waals surface area contributed by atoms with Crippen molar-refractivity contribution in [2.45, 2.75) is 39.2 Å². The number of carbonyl (C=O) groups excluding carboxylic acids is 1. The Morgan fingerprint density at radius 1 is 1.20 bits per heavy atom. The number of aliphatic carboxylic acids is 1. The van der Waals surface area contributed by atoms with Crippen LogP contribution in [0.1, 0.15) is 32.3 Å². The fourth-order valence-electron chi connectivity index (χ4n) is 1.81. The van der Waals surface area contributed by atoms with Gasteiger partial charge in [-0.1, -0.05) is 26.0 Å². The standard InChI is InChI=1S/C15H21NO4/c1-10(2)15(20)16-12(5-8-14(18)19)9-11-3-6-13(17)7-4-11/h3-4,6-7,10,12,17H,5,8-9H2,1-2H3,(H,16,20)(H,18,19). The van der Waals surface area contributed by atoms with Gasteiger partial charge in [0.05, 0.1) is 0 Å². The Labute approximate surface area is 118 Å². The number of rotatable bonds is 7. The first-order valence-electron chi connectivity index (χ1n) is 6.68. The molecular weight excluding hydrogens is 258 g/mol. The van der Waals surface area contributed by atoms with Crippen LogP contribution in [0.25, 0.3) is 0 Å². The molecule has 20 heavy (non-hydrogen) atoms. The van der Waals surface area contributed by atoms with Crippen LogP contribution in [0.15, 0.2) is 24.3 Å². The van der Waals surface area contributed by atoms with Gasteiger partial charge in [-0.15, -0.1) is 0 Å². The highest BCUT2D eigenvalue weighted by Crippen LogP contribution is 2.13. The van der Waals surface area contributed by atoms with Gasteiger partial charge >= 0.3 is 5.97 Å². The Balaban J connectivity index is 2.68. The quantitative estimate of drug-likeness (QED) is 0.712. The minimum Gasteiger partial charge on any atom is -0.508 e. The summed E-state index contributed by atoms with van der Waals surface area (Å²) in [5.41, 5.74) is 0.947. The largest absolute Gasteiger partial charge is 0.508 e. The summed E-state index contributed by atoms with van der Waals surface area (Å²) in [5.74, 6) is -0.914. The van der Waals surface area contributed by atoms with Crippen LogP contribution in [-0.4, -0.2) is 28.1 Å². The van der Waals surface area contributed by atoms with E-state index in [1.165, 1.54) is 0 Å². The van der Waals surface area contributed by atoms with E-state index in [0.717, 1.165) is 5.56 Å². The molecule has 0 fully saturated rings. The fourth-order valence-corrected chi connectivity index (χ4v) is 1.81. The molecule has 0 aliphatic heterocycles. The average molecular weight is 279 g/mol. The molecule has 0 saturated heterocycles. The molecule has 0 aromatic heterocycles. The number of benzene rings is 1. The molecule has 0 spiro atoms. The minimum atomic E-state index is -0.875. The lowest BCUT2D eigenvalue weighted by atomic mass is 10.0. The Bertz CT molecular complexity index is 453. The van der Waals surface area contributed by atoms with E-state index in [-0.39, 0.29) is 30.0 Å². The van der Waals surface area contributed by atoms with Gasteiger partial charge in [0.15, 0.2) is 0 Å². The second-order valence-electron chi connectivity index (χ2n) is 5.16. The van der Waals surface area contributed by atoms with Gasteiger partial charge in [0.2, 0.25) is 5.91 Å². The van der Waals surface area contributed by atoms with Crippen molar-refractivity contribution in [1.82, 2.24) is 5.32 Å². The number of nitrogens with one attached hydrogen (secondary N) is 1. The summed E-state index contributed by atoms with van der Waals surface area (Å²) in [4.78, 5) is 22.4. The summed E-state index contributed by atoms with van der Waals surface area (Å²) in [6, 6.07) is 6.47. The number of amides is 1. The highest BCUT2D eigenvalue weighted by atomic mass is 16.4. The van der Waals surface area contributed by atoms with Crippen LogP contribution in [0.2, 0.25) is 0 Å². The zero-order valence-electron chi connectivity index (χ0n) is 11.8. The highest BCUT2D eigenvalue weighted by Gasteiger charge is 2.16. The molecule has 0 aliphatic carbocycles. The van der Waals surface area contributed by atoms with E-state index in [2.05, 4.69) is 5.32 Å². The number of aromatic hydroxyl groups is 1. The first kappa shape index (κ1) is 16.0. The topological polar surface area (TPSA) is 86.6 Å². The molecule has 110 valence electrons. The predicted molar refractivity (Wildman–Crippen MR) is 75.4 cm³/mol. The molecule has 3 N–H and O–H groups in total. The smallest absolute Gasteiger partial charge is 0.303 e. The van der Waals surface area contributed by atoms with Crippen LogP contribution in [0.3, 0.4) is 0 Å². The molecule has 0 saturated carbocycles. The van der Waals surface area contributed by atoms with Crippen LogP contribution in [0, 0.1) is 5.92 Å². The third kappa shape index (κ3) is 5.73. The average Bonchev–Trinajstić information content (AvgIpc) is 2.38. The molecule has 0 bridgehead atoms. The summed E-state index contributed by atoms with van der Waals surface area (Å²) in [5, 5.41) is 20.9. The first-order chi connectivity index (χ1) is 9.38. The van der Waals surface area contributed by atoms with Gasteiger partial charge < -0.3 is 15.5 Å².